The van der Waals surface area contributed by atoms with E-state index in [2.05, 4.69) is 31.0 Å². The normalized spacial score (nSPS) is 10.4. The topological polar surface area (TPSA) is 101 Å². The minimum atomic E-state index is -0.410. The smallest absolute Gasteiger partial charge is 0.297 e. The summed E-state index contributed by atoms with van der Waals surface area (Å²) in [4.78, 5) is 11.9. The van der Waals surface area contributed by atoms with E-state index in [1.807, 2.05) is 36.5 Å². The number of tetrazole rings is 1. The van der Waals surface area contributed by atoms with E-state index in [-0.39, 0.29) is 5.82 Å². The number of nitrogens with zero attached hydrogens (tertiary/aromatic N) is 5. The molecule has 0 atom stereocenters. The van der Waals surface area contributed by atoms with E-state index in [0.29, 0.717) is 12.2 Å². The van der Waals surface area contributed by atoms with Crippen molar-refractivity contribution in [3.05, 3.63) is 54.1 Å². The number of anilines is 1. The summed E-state index contributed by atoms with van der Waals surface area (Å²) in [5.74, 6) is -0.412. The molecule has 8 heteroatoms. The van der Waals surface area contributed by atoms with E-state index >= 15 is 0 Å². The zero-order valence-corrected chi connectivity index (χ0v) is 10.4. The molecular formula is C12H11N7O. The number of nitrogens with one attached hydrogen (secondary N) is 2. The average Bonchev–Trinajstić information content (AvgIpc) is 3.13. The van der Waals surface area contributed by atoms with Crippen LogP contribution in [0.3, 0.4) is 0 Å². The molecule has 0 saturated heterocycles. The fourth-order valence-corrected chi connectivity index (χ4v) is 1.78. The Morgan fingerprint density at radius 1 is 1.30 bits per heavy atom. The largest absolute Gasteiger partial charge is 0.319 e. The van der Waals surface area contributed by atoms with Gasteiger partial charge in [-0.3, -0.25) is 9.48 Å². The van der Waals surface area contributed by atoms with Crippen LogP contribution in [0.15, 0.2) is 42.7 Å². The maximum absolute atomic E-state index is 11.9. The molecule has 100 valence electrons. The van der Waals surface area contributed by atoms with Crippen molar-refractivity contribution < 1.29 is 4.79 Å². The number of amides is 1. The second kappa shape index (κ2) is 5.31. The van der Waals surface area contributed by atoms with Crippen LogP contribution in [0.1, 0.15) is 16.2 Å². The molecule has 2 N–H and O–H groups in total. The lowest BCUT2D eigenvalue weighted by Gasteiger charge is -2.09. The molecule has 0 saturated carbocycles. The predicted molar refractivity (Wildman–Crippen MR) is 69.9 cm³/mol. The highest BCUT2D eigenvalue weighted by atomic mass is 16.2. The number of hydrogen-bond acceptors (Lipinski definition) is 5. The molecule has 0 spiro atoms. The van der Waals surface area contributed by atoms with Crippen molar-refractivity contribution in [2.75, 3.05) is 5.32 Å². The lowest BCUT2D eigenvalue weighted by atomic mass is 10.1. The number of carbonyl (C=O) groups excluding carboxylic acids is 1. The van der Waals surface area contributed by atoms with Gasteiger partial charge in [0.2, 0.25) is 0 Å². The predicted octanol–water partition coefficient (Wildman–Crippen LogP) is 0.697. The zero-order valence-electron chi connectivity index (χ0n) is 10.4. The molecule has 2 aromatic heterocycles. The first-order valence-electron chi connectivity index (χ1n) is 5.93. The van der Waals surface area contributed by atoms with Crippen molar-refractivity contribution in [2.45, 2.75) is 6.54 Å². The molecule has 0 bridgehead atoms. The van der Waals surface area contributed by atoms with Crippen molar-refractivity contribution in [3.8, 4) is 0 Å². The standard InChI is InChI=1S/C12H11N7O/c20-12(11-15-17-18-16-11)14-10-5-2-1-4-9(10)8-19-7-3-6-13-19/h1-7H,8H2,(H,14,20)(H,15,16,17,18). The lowest BCUT2D eigenvalue weighted by Crippen LogP contribution is -2.16. The molecule has 2 heterocycles. The third-order valence-electron chi connectivity index (χ3n) is 2.71. The van der Waals surface area contributed by atoms with Gasteiger partial charge in [-0.1, -0.05) is 18.2 Å². The molecule has 0 radical (unpaired) electrons. The van der Waals surface area contributed by atoms with Crippen LogP contribution < -0.4 is 5.32 Å². The number of benzene rings is 1. The Bertz CT molecular complexity index is 690. The molecule has 3 rings (SSSR count). The molecule has 0 aliphatic rings. The van der Waals surface area contributed by atoms with Crippen molar-refractivity contribution >= 4 is 11.6 Å². The van der Waals surface area contributed by atoms with Gasteiger partial charge in [-0.25, -0.2) is 0 Å². The van der Waals surface area contributed by atoms with E-state index in [0.717, 1.165) is 5.56 Å². The molecule has 3 aromatic rings. The van der Waals surface area contributed by atoms with Crippen LogP contribution in [0, 0.1) is 0 Å². The van der Waals surface area contributed by atoms with E-state index in [1.54, 1.807) is 10.9 Å². The summed E-state index contributed by atoms with van der Waals surface area (Å²) >= 11 is 0. The Labute approximate surface area is 113 Å². The number of hydrogen-bond donors (Lipinski definition) is 2. The Kier molecular flexibility index (Phi) is 3.19. The maximum atomic E-state index is 11.9. The van der Waals surface area contributed by atoms with Gasteiger partial charge in [0.25, 0.3) is 11.7 Å². The number of aromatic nitrogens is 6. The van der Waals surface area contributed by atoms with Gasteiger partial charge < -0.3 is 5.32 Å². The highest BCUT2D eigenvalue weighted by Gasteiger charge is 2.12. The molecule has 0 unspecified atom stereocenters. The number of H-pyrrole nitrogens is 1. The molecule has 20 heavy (non-hydrogen) atoms. The zero-order chi connectivity index (χ0) is 13.8. The van der Waals surface area contributed by atoms with E-state index in [9.17, 15) is 4.79 Å². The Morgan fingerprint density at radius 3 is 2.95 bits per heavy atom. The first kappa shape index (κ1) is 12.0. The minimum Gasteiger partial charge on any atom is -0.319 e. The van der Waals surface area contributed by atoms with Crippen LogP contribution >= 0.6 is 0 Å². The van der Waals surface area contributed by atoms with E-state index in [1.165, 1.54) is 0 Å². The molecule has 0 aliphatic heterocycles. The first-order valence-corrected chi connectivity index (χ1v) is 5.93. The van der Waals surface area contributed by atoms with Gasteiger partial charge in [0, 0.05) is 18.1 Å². The van der Waals surface area contributed by atoms with Crippen LogP contribution in [0.2, 0.25) is 0 Å². The summed E-state index contributed by atoms with van der Waals surface area (Å²) in [5, 5.41) is 19.8. The fourth-order valence-electron chi connectivity index (χ4n) is 1.78. The van der Waals surface area contributed by atoms with Crippen LogP contribution in [0.5, 0.6) is 0 Å². The van der Waals surface area contributed by atoms with Gasteiger partial charge in [0.1, 0.15) is 0 Å². The molecule has 0 fully saturated rings. The van der Waals surface area contributed by atoms with Gasteiger partial charge in [-0.15, -0.1) is 10.2 Å². The quantitative estimate of drug-likeness (QED) is 0.725. The molecular weight excluding hydrogens is 258 g/mol. The highest BCUT2D eigenvalue weighted by Crippen LogP contribution is 2.16. The summed E-state index contributed by atoms with van der Waals surface area (Å²) < 4.78 is 1.78. The van der Waals surface area contributed by atoms with E-state index < -0.39 is 5.91 Å². The van der Waals surface area contributed by atoms with Crippen LogP contribution in [0.4, 0.5) is 5.69 Å². The average molecular weight is 269 g/mol. The Hall–Kier alpha value is -3.03. The number of carbonyl (C=O) groups is 1. The molecule has 1 amide bonds. The van der Waals surface area contributed by atoms with Crippen molar-refractivity contribution in [2.24, 2.45) is 0 Å². The number of rotatable bonds is 4. The maximum Gasteiger partial charge on any atom is 0.297 e. The third-order valence-corrected chi connectivity index (χ3v) is 2.71. The van der Waals surface area contributed by atoms with Crippen LogP contribution in [-0.4, -0.2) is 36.3 Å². The summed E-state index contributed by atoms with van der Waals surface area (Å²) in [5.41, 5.74) is 1.63. The first-order chi connectivity index (χ1) is 9.83. The van der Waals surface area contributed by atoms with Crippen molar-refractivity contribution in [3.63, 3.8) is 0 Å². The van der Waals surface area contributed by atoms with E-state index in [4.69, 9.17) is 0 Å². The summed E-state index contributed by atoms with van der Waals surface area (Å²) in [6, 6.07) is 9.34. The molecule has 8 nitrogen and oxygen atoms in total. The summed E-state index contributed by atoms with van der Waals surface area (Å²) in [6.45, 7) is 0.565. The van der Waals surface area contributed by atoms with Crippen molar-refractivity contribution in [1.82, 2.24) is 30.4 Å². The molecule has 1 aromatic carbocycles. The van der Waals surface area contributed by atoms with Gasteiger partial charge in [-0.05, 0) is 22.9 Å². The number of para-hydroxylation sites is 1. The van der Waals surface area contributed by atoms with Gasteiger partial charge in [-0.2, -0.15) is 10.3 Å². The monoisotopic (exact) mass is 269 g/mol. The lowest BCUT2D eigenvalue weighted by molar-refractivity contribution is 0.101. The molecule has 0 aliphatic carbocycles. The Balaban J connectivity index is 1.81. The van der Waals surface area contributed by atoms with Crippen molar-refractivity contribution in [1.29, 1.82) is 0 Å². The SMILES string of the molecule is O=C(Nc1ccccc1Cn1cccn1)c1nn[nH]n1. The second-order valence-electron chi connectivity index (χ2n) is 4.05. The summed E-state index contributed by atoms with van der Waals surface area (Å²) in [7, 11) is 0. The highest BCUT2D eigenvalue weighted by molar-refractivity contribution is 6.01. The second-order valence-corrected chi connectivity index (χ2v) is 4.05. The van der Waals surface area contributed by atoms with Gasteiger partial charge in [0.05, 0.1) is 6.54 Å². The van der Waals surface area contributed by atoms with Crippen LogP contribution in [0.25, 0.3) is 0 Å². The minimum absolute atomic E-state index is 0.00103. The van der Waals surface area contributed by atoms with Crippen LogP contribution in [-0.2, 0) is 6.54 Å². The number of aromatic amines is 1. The third kappa shape index (κ3) is 2.53. The van der Waals surface area contributed by atoms with Gasteiger partial charge in [0.15, 0.2) is 0 Å². The Morgan fingerprint density at radius 2 is 2.20 bits per heavy atom. The fraction of sp³-hybridized carbons (Fsp3) is 0.0833. The summed E-state index contributed by atoms with van der Waals surface area (Å²) in [6.07, 6.45) is 3.57. The van der Waals surface area contributed by atoms with Gasteiger partial charge >= 0.3 is 0 Å².